The van der Waals surface area contributed by atoms with Crippen molar-refractivity contribution in [3.63, 3.8) is 0 Å². The van der Waals surface area contributed by atoms with Crippen molar-refractivity contribution in [1.29, 1.82) is 0 Å². The van der Waals surface area contributed by atoms with Gasteiger partial charge in [-0.05, 0) is 39.0 Å². The van der Waals surface area contributed by atoms with E-state index in [9.17, 15) is 5.11 Å². The summed E-state index contributed by atoms with van der Waals surface area (Å²) in [5, 5.41) is 9.79. The molecule has 1 aliphatic carbocycles. The van der Waals surface area contributed by atoms with E-state index in [1.807, 2.05) is 0 Å². The molecular formula is C17H27N3O. The van der Waals surface area contributed by atoms with Crippen molar-refractivity contribution in [2.75, 3.05) is 24.6 Å². The van der Waals surface area contributed by atoms with Crippen LogP contribution in [0, 0.1) is 12.3 Å². The Hall–Kier alpha value is -1.16. The molecule has 0 radical (unpaired) electrons. The lowest BCUT2D eigenvalue weighted by Crippen LogP contribution is -2.45. The van der Waals surface area contributed by atoms with Crippen LogP contribution in [-0.2, 0) is 0 Å². The summed E-state index contributed by atoms with van der Waals surface area (Å²) in [6, 6.07) is 2.10. The molecule has 21 heavy (non-hydrogen) atoms. The molecule has 3 rings (SSSR count). The Kier molecular flexibility index (Phi) is 4.16. The van der Waals surface area contributed by atoms with Gasteiger partial charge in [-0.3, -0.25) is 0 Å². The number of aromatic nitrogens is 2. The highest BCUT2D eigenvalue weighted by atomic mass is 16.3. The molecule has 116 valence electrons. The molecule has 4 heteroatoms. The molecule has 0 aromatic carbocycles. The average Bonchev–Trinajstić information content (AvgIpc) is 2.45. The Bertz CT molecular complexity index is 495. The van der Waals surface area contributed by atoms with Gasteiger partial charge in [0.15, 0.2) is 0 Å². The van der Waals surface area contributed by atoms with E-state index in [-0.39, 0.29) is 12.0 Å². The first kappa shape index (κ1) is 14.8. The van der Waals surface area contributed by atoms with Gasteiger partial charge in [-0.2, -0.15) is 0 Å². The van der Waals surface area contributed by atoms with Gasteiger partial charge < -0.3 is 10.0 Å². The van der Waals surface area contributed by atoms with E-state index in [0.29, 0.717) is 5.92 Å². The number of nitrogens with zero attached hydrogens (tertiary/aromatic N) is 3. The fourth-order valence-corrected chi connectivity index (χ4v) is 3.52. The first-order valence-electron chi connectivity index (χ1n) is 8.37. The van der Waals surface area contributed by atoms with Crippen molar-refractivity contribution in [2.45, 2.75) is 58.3 Å². The Morgan fingerprint density at radius 3 is 2.76 bits per heavy atom. The largest absolute Gasteiger partial charge is 0.396 e. The number of hydrogen-bond acceptors (Lipinski definition) is 4. The summed E-state index contributed by atoms with van der Waals surface area (Å²) >= 11 is 0. The average molecular weight is 289 g/mol. The standard InChI is InChI=1S/C17H27N3O/c1-3-17(12-21)8-5-9-20(11-17)15-10-13(2)18-16(19-15)14-6-4-7-14/h10,14,21H,3-9,11-12H2,1-2H3. The van der Waals surface area contributed by atoms with Crippen molar-refractivity contribution in [3.05, 3.63) is 17.6 Å². The lowest BCUT2D eigenvalue weighted by molar-refractivity contribution is 0.101. The number of anilines is 1. The summed E-state index contributed by atoms with van der Waals surface area (Å²) in [6.07, 6.45) is 7.06. The van der Waals surface area contributed by atoms with Crippen molar-refractivity contribution in [2.24, 2.45) is 5.41 Å². The third kappa shape index (κ3) is 2.91. The number of aryl methyl sites for hydroxylation is 1. The van der Waals surface area contributed by atoms with E-state index >= 15 is 0 Å². The minimum Gasteiger partial charge on any atom is -0.396 e. The summed E-state index contributed by atoms with van der Waals surface area (Å²) in [5.74, 6) is 2.67. The van der Waals surface area contributed by atoms with Gasteiger partial charge in [-0.25, -0.2) is 9.97 Å². The predicted octanol–water partition coefficient (Wildman–Crippen LogP) is 3.04. The van der Waals surface area contributed by atoms with Crippen molar-refractivity contribution in [3.8, 4) is 0 Å². The Morgan fingerprint density at radius 2 is 2.14 bits per heavy atom. The molecule has 2 aliphatic rings. The minimum atomic E-state index is 0.0493. The third-order valence-electron chi connectivity index (χ3n) is 5.40. The SMILES string of the molecule is CCC1(CO)CCCN(c2cc(C)nc(C3CCC3)n2)C1. The number of piperidine rings is 1. The van der Waals surface area contributed by atoms with E-state index in [0.717, 1.165) is 49.7 Å². The zero-order valence-electron chi connectivity index (χ0n) is 13.3. The van der Waals surface area contributed by atoms with Crippen LogP contribution >= 0.6 is 0 Å². The molecule has 1 aliphatic heterocycles. The summed E-state index contributed by atoms with van der Waals surface area (Å²) in [7, 11) is 0. The highest BCUT2D eigenvalue weighted by molar-refractivity contribution is 5.41. The van der Waals surface area contributed by atoms with E-state index in [2.05, 4.69) is 29.8 Å². The molecule has 1 saturated carbocycles. The number of aliphatic hydroxyl groups is 1. The molecule has 1 aromatic heterocycles. The zero-order valence-corrected chi connectivity index (χ0v) is 13.3. The molecule has 2 fully saturated rings. The quantitative estimate of drug-likeness (QED) is 0.925. The molecule has 1 aromatic rings. The minimum absolute atomic E-state index is 0.0493. The van der Waals surface area contributed by atoms with E-state index in [1.54, 1.807) is 0 Å². The monoisotopic (exact) mass is 289 g/mol. The second-order valence-corrected chi connectivity index (χ2v) is 6.89. The first-order valence-corrected chi connectivity index (χ1v) is 8.37. The Morgan fingerprint density at radius 1 is 1.33 bits per heavy atom. The summed E-state index contributed by atoms with van der Waals surface area (Å²) in [5.41, 5.74) is 1.12. The van der Waals surface area contributed by atoms with Crippen LogP contribution in [0.1, 0.15) is 62.9 Å². The van der Waals surface area contributed by atoms with Gasteiger partial charge in [0.1, 0.15) is 11.6 Å². The van der Waals surface area contributed by atoms with Gasteiger partial charge in [-0.15, -0.1) is 0 Å². The van der Waals surface area contributed by atoms with Gasteiger partial charge in [0.25, 0.3) is 0 Å². The predicted molar refractivity (Wildman–Crippen MR) is 84.6 cm³/mol. The summed E-state index contributed by atoms with van der Waals surface area (Å²) in [6.45, 7) is 6.49. The van der Waals surface area contributed by atoms with E-state index < -0.39 is 0 Å². The molecule has 0 spiro atoms. The first-order chi connectivity index (χ1) is 10.2. The molecule has 1 saturated heterocycles. The number of rotatable bonds is 4. The van der Waals surface area contributed by atoms with Gasteiger partial charge >= 0.3 is 0 Å². The molecule has 4 nitrogen and oxygen atoms in total. The lowest BCUT2D eigenvalue weighted by atomic mass is 9.78. The molecule has 0 bridgehead atoms. The Balaban J connectivity index is 1.83. The van der Waals surface area contributed by atoms with Crippen LogP contribution in [-0.4, -0.2) is 34.8 Å². The molecular weight excluding hydrogens is 262 g/mol. The normalized spacial score (nSPS) is 26.7. The second-order valence-electron chi connectivity index (χ2n) is 6.89. The van der Waals surface area contributed by atoms with Crippen LogP contribution in [0.4, 0.5) is 5.82 Å². The zero-order chi connectivity index (χ0) is 14.9. The highest BCUT2D eigenvalue weighted by Gasteiger charge is 2.34. The van der Waals surface area contributed by atoms with Gasteiger partial charge in [0.2, 0.25) is 0 Å². The highest BCUT2D eigenvalue weighted by Crippen LogP contribution is 2.37. The smallest absolute Gasteiger partial charge is 0.134 e. The van der Waals surface area contributed by atoms with Crippen molar-refractivity contribution in [1.82, 2.24) is 9.97 Å². The van der Waals surface area contributed by atoms with Gasteiger partial charge in [0, 0.05) is 36.2 Å². The fourth-order valence-electron chi connectivity index (χ4n) is 3.52. The fraction of sp³-hybridized carbons (Fsp3) is 0.765. The van der Waals surface area contributed by atoms with Crippen LogP contribution in [0.25, 0.3) is 0 Å². The van der Waals surface area contributed by atoms with E-state index in [1.165, 1.54) is 19.3 Å². The van der Waals surface area contributed by atoms with E-state index in [4.69, 9.17) is 4.98 Å². The molecule has 0 amide bonds. The van der Waals surface area contributed by atoms with Crippen LogP contribution < -0.4 is 4.90 Å². The molecule has 1 atom stereocenters. The maximum absolute atomic E-state index is 9.79. The maximum Gasteiger partial charge on any atom is 0.134 e. The summed E-state index contributed by atoms with van der Waals surface area (Å²) < 4.78 is 0. The maximum atomic E-state index is 9.79. The van der Waals surface area contributed by atoms with Crippen LogP contribution in [0.5, 0.6) is 0 Å². The van der Waals surface area contributed by atoms with Crippen molar-refractivity contribution < 1.29 is 5.11 Å². The molecule has 1 N–H and O–H groups in total. The number of hydrogen-bond donors (Lipinski definition) is 1. The van der Waals surface area contributed by atoms with Gasteiger partial charge in [0.05, 0.1) is 6.61 Å². The van der Waals surface area contributed by atoms with Crippen LogP contribution in [0.2, 0.25) is 0 Å². The molecule has 2 heterocycles. The summed E-state index contributed by atoms with van der Waals surface area (Å²) in [4.78, 5) is 11.8. The van der Waals surface area contributed by atoms with Crippen molar-refractivity contribution >= 4 is 5.82 Å². The topological polar surface area (TPSA) is 49.2 Å². The molecule has 1 unspecified atom stereocenters. The third-order valence-corrected chi connectivity index (χ3v) is 5.40. The Labute approximate surface area is 127 Å². The number of aliphatic hydroxyl groups excluding tert-OH is 1. The lowest BCUT2D eigenvalue weighted by Gasteiger charge is -2.42. The van der Waals surface area contributed by atoms with Crippen LogP contribution in [0.3, 0.4) is 0 Å². The van der Waals surface area contributed by atoms with Crippen LogP contribution in [0.15, 0.2) is 6.07 Å². The van der Waals surface area contributed by atoms with Gasteiger partial charge in [-0.1, -0.05) is 13.3 Å². The second kappa shape index (κ2) is 5.91.